The fourth-order valence-corrected chi connectivity index (χ4v) is 9.32. The van der Waals surface area contributed by atoms with Crippen molar-refractivity contribution >= 4 is 81.3 Å². The molecule has 3 heteroatoms. The first kappa shape index (κ1) is 31.6. The lowest BCUT2D eigenvalue weighted by Crippen LogP contribution is -2.11. The van der Waals surface area contributed by atoms with Gasteiger partial charge in [-0.3, -0.25) is 0 Å². The van der Waals surface area contributed by atoms with Gasteiger partial charge in [-0.15, -0.1) is 11.3 Å². The van der Waals surface area contributed by atoms with E-state index in [0.717, 1.165) is 50.1 Å². The van der Waals surface area contributed by atoms with Gasteiger partial charge < -0.3 is 9.32 Å². The van der Waals surface area contributed by atoms with Crippen LogP contribution in [0.3, 0.4) is 0 Å². The predicted molar refractivity (Wildman–Crippen MR) is 235 cm³/mol. The van der Waals surface area contributed by atoms with Crippen LogP contribution in [-0.4, -0.2) is 0 Å². The molecule has 55 heavy (non-hydrogen) atoms. The zero-order valence-corrected chi connectivity index (χ0v) is 30.6. The Hall–Kier alpha value is -6.94. The Bertz CT molecular complexity index is 3220. The molecule has 0 N–H and O–H groups in total. The summed E-state index contributed by atoms with van der Waals surface area (Å²) < 4.78 is 8.73. The summed E-state index contributed by atoms with van der Waals surface area (Å²) in [6, 6.07) is 72.4. The molecule has 0 atom stereocenters. The lowest BCUT2D eigenvalue weighted by molar-refractivity contribution is 0.669. The first-order chi connectivity index (χ1) is 27.2. The summed E-state index contributed by atoms with van der Waals surface area (Å²) in [6.45, 7) is 0. The van der Waals surface area contributed by atoms with E-state index in [1.54, 1.807) is 0 Å². The molecule has 0 spiro atoms. The molecular formula is C52H33NOS. The Labute approximate surface area is 322 Å². The summed E-state index contributed by atoms with van der Waals surface area (Å²) in [7, 11) is 0. The molecule has 0 saturated heterocycles. The topological polar surface area (TPSA) is 16.4 Å². The minimum Gasteiger partial charge on any atom is -0.456 e. The van der Waals surface area contributed by atoms with E-state index in [9.17, 15) is 0 Å². The SMILES string of the molecule is c1cc(-c2ccccc2N(c2ccc(-c3ccc4oc5ccccc5c4c3)cc2)c2ccc3sc4ccccc4c3c2)cc(-c2cccc3ccccc23)c1. The van der Waals surface area contributed by atoms with Gasteiger partial charge in [0, 0.05) is 47.9 Å². The molecule has 2 heterocycles. The van der Waals surface area contributed by atoms with Gasteiger partial charge in [0.05, 0.1) is 5.69 Å². The van der Waals surface area contributed by atoms with E-state index in [-0.39, 0.29) is 0 Å². The smallest absolute Gasteiger partial charge is 0.135 e. The second kappa shape index (κ2) is 12.9. The van der Waals surface area contributed by atoms with Crippen LogP contribution in [-0.2, 0) is 0 Å². The zero-order valence-electron chi connectivity index (χ0n) is 29.8. The van der Waals surface area contributed by atoms with Crippen molar-refractivity contribution in [1.29, 1.82) is 0 Å². The Morgan fingerprint density at radius 2 is 0.982 bits per heavy atom. The van der Waals surface area contributed by atoms with E-state index in [0.29, 0.717) is 0 Å². The van der Waals surface area contributed by atoms with Crippen molar-refractivity contribution in [3.05, 3.63) is 200 Å². The molecule has 0 amide bonds. The van der Waals surface area contributed by atoms with Crippen LogP contribution in [0.15, 0.2) is 205 Å². The maximum atomic E-state index is 6.14. The minimum absolute atomic E-state index is 0.908. The van der Waals surface area contributed by atoms with E-state index < -0.39 is 0 Å². The Morgan fingerprint density at radius 3 is 1.89 bits per heavy atom. The number of fused-ring (bicyclic) bond motifs is 7. The van der Waals surface area contributed by atoms with Crippen molar-refractivity contribution in [3.63, 3.8) is 0 Å². The fourth-order valence-electron chi connectivity index (χ4n) is 8.23. The number of para-hydroxylation sites is 2. The molecule has 0 fully saturated rings. The highest BCUT2D eigenvalue weighted by Crippen LogP contribution is 2.45. The normalized spacial score (nSPS) is 11.6. The number of benzene rings is 9. The van der Waals surface area contributed by atoms with Gasteiger partial charge in [0.1, 0.15) is 11.2 Å². The van der Waals surface area contributed by atoms with Crippen LogP contribution in [0.25, 0.3) is 86.3 Å². The molecule has 0 aliphatic rings. The fraction of sp³-hybridized carbons (Fsp3) is 0. The third-order valence-corrected chi connectivity index (χ3v) is 12.0. The van der Waals surface area contributed by atoms with Gasteiger partial charge in [0.15, 0.2) is 0 Å². The van der Waals surface area contributed by atoms with Crippen LogP contribution in [0.5, 0.6) is 0 Å². The highest BCUT2D eigenvalue weighted by molar-refractivity contribution is 7.25. The monoisotopic (exact) mass is 719 g/mol. The average Bonchev–Trinajstić information content (AvgIpc) is 3.82. The van der Waals surface area contributed by atoms with Crippen molar-refractivity contribution in [2.75, 3.05) is 4.90 Å². The number of hydrogen-bond donors (Lipinski definition) is 0. The average molecular weight is 720 g/mol. The first-order valence-electron chi connectivity index (χ1n) is 18.7. The number of thiophene rings is 1. The predicted octanol–water partition coefficient (Wildman–Crippen LogP) is 15.6. The standard InChI is InChI=1S/C52H33NOS/c1-2-15-41-35(11-1)12-10-19-42(41)37-13-9-14-38(31-37)43-16-3-6-20-48(43)53(40-28-30-52-47(33-40)45-18-5-8-22-51(45)55-52)39-26-23-34(24-27-39)36-25-29-50-46(32-36)44-17-4-7-21-49(44)54-50/h1-33H. The molecule has 0 radical (unpaired) electrons. The molecule has 2 nitrogen and oxygen atoms in total. The Balaban J connectivity index is 1.06. The lowest BCUT2D eigenvalue weighted by Gasteiger charge is -2.28. The number of nitrogens with zero attached hydrogens (tertiary/aromatic N) is 1. The molecule has 0 aliphatic carbocycles. The van der Waals surface area contributed by atoms with Gasteiger partial charge >= 0.3 is 0 Å². The van der Waals surface area contributed by atoms with E-state index in [1.165, 1.54) is 53.2 Å². The lowest BCUT2D eigenvalue weighted by atomic mass is 9.94. The molecule has 0 aliphatic heterocycles. The van der Waals surface area contributed by atoms with Gasteiger partial charge in [-0.2, -0.15) is 0 Å². The summed E-state index contributed by atoms with van der Waals surface area (Å²) in [4.78, 5) is 2.42. The molecule has 0 bridgehead atoms. The zero-order chi connectivity index (χ0) is 36.3. The summed E-state index contributed by atoms with van der Waals surface area (Å²) >= 11 is 1.85. The largest absolute Gasteiger partial charge is 0.456 e. The molecular weight excluding hydrogens is 687 g/mol. The minimum atomic E-state index is 0.908. The highest BCUT2D eigenvalue weighted by atomic mass is 32.1. The van der Waals surface area contributed by atoms with Gasteiger partial charge in [-0.25, -0.2) is 0 Å². The third kappa shape index (κ3) is 5.40. The summed E-state index contributed by atoms with van der Waals surface area (Å²) in [5.74, 6) is 0. The maximum Gasteiger partial charge on any atom is 0.135 e. The molecule has 9 aromatic carbocycles. The van der Waals surface area contributed by atoms with Gasteiger partial charge in [-0.05, 0) is 105 Å². The summed E-state index contributed by atoms with van der Waals surface area (Å²) in [5, 5.41) is 7.34. The molecule has 0 saturated carbocycles. The number of hydrogen-bond acceptors (Lipinski definition) is 3. The Kier molecular flexibility index (Phi) is 7.39. The van der Waals surface area contributed by atoms with Crippen LogP contribution in [0.1, 0.15) is 0 Å². The van der Waals surface area contributed by atoms with Crippen molar-refractivity contribution in [3.8, 4) is 33.4 Å². The van der Waals surface area contributed by atoms with Crippen LogP contribution in [0.2, 0.25) is 0 Å². The second-order valence-corrected chi connectivity index (χ2v) is 15.2. The second-order valence-electron chi connectivity index (χ2n) is 14.1. The van der Waals surface area contributed by atoms with E-state index in [4.69, 9.17) is 4.42 Å². The molecule has 0 unspecified atom stereocenters. The van der Waals surface area contributed by atoms with Gasteiger partial charge in [-0.1, -0.05) is 133 Å². The number of furan rings is 1. The first-order valence-corrected chi connectivity index (χ1v) is 19.5. The van der Waals surface area contributed by atoms with Crippen LogP contribution >= 0.6 is 11.3 Å². The summed E-state index contributed by atoms with van der Waals surface area (Å²) in [6.07, 6.45) is 0. The van der Waals surface area contributed by atoms with E-state index in [2.05, 4.69) is 193 Å². The molecule has 11 rings (SSSR count). The summed E-state index contributed by atoms with van der Waals surface area (Å²) in [5.41, 5.74) is 12.3. The number of rotatable bonds is 6. The van der Waals surface area contributed by atoms with Gasteiger partial charge in [0.25, 0.3) is 0 Å². The van der Waals surface area contributed by atoms with E-state index >= 15 is 0 Å². The van der Waals surface area contributed by atoms with Crippen molar-refractivity contribution in [2.24, 2.45) is 0 Å². The quantitative estimate of drug-likeness (QED) is 0.170. The van der Waals surface area contributed by atoms with Crippen LogP contribution in [0, 0.1) is 0 Å². The van der Waals surface area contributed by atoms with Gasteiger partial charge in [0.2, 0.25) is 0 Å². The van der Waals surface area contributed by atoms with Crippen LogP contribution in [0.4, 0.5) is 17.1 Å². The van der Waals surface area contributed by atoms with E-state index in [1.807, 2.05) is 23.5 Å². The molecule has 258 valence electrons. The van der Waals surface area contributed by atoms with Crippen LogP contribution < -0.4 is 4.90 Å². The molecule has 11 aromatic rings. The van der Waals surface area contributed by atoms with Crippen molar-refractivity contribution < 1.29 is 4.42 Å². The Morgan fingerprint density at radius 1 is 0.345 bits per heavy atom. The highest BCUT2D eigenvalue weighted by Gasteiger charge is 2.19. The maximum absolute atomic E-state index is 6.14. The van der Waals surface area contributed by atoms with Crippen molar-refractivity contribution in [2.45, 2.75) is 0 Å². The third-order valence-electron chi connectivity index (χ3n) is 10.9. The number of anilines is 3. The van der Waals surface area contributed by atoms with Crippen molar-refractivity contribution in [1.82, 2.24) is 0 Å². The molecule has 2 aromatic heterocycles.